The Hall–Kier alpha value is -1.93. The third-order valence-electron chi connectivity index (χ3n) is 5.16. The van der Waals surface area contributed by atoms with Crippen molar-refractivity contribution < 1.29 is 9.50 Å². The van der Waals surface area contributed by atoms with Gasteiger partial charge in [0, 0.05) is 12.5 Å². The van der Waals surface area contributed by atoms with Gasteiger partial charge >= 0.3 is 0 Å². The van der Waals surface area contributed by atoms with Crippen LogP contribution in [0.1, 0.15) is 61.3 Å². The van der Waals surface area contributed by atoms with Crippen LogP contribution in [0.2, 0.25) is 0 Å². The molecule has 1 nitrogen and oxygen atoms in total. The number of aliphatic hydroxyl groups excluding tert-OH is 1. The second-order valence-electron chi connectivity index (χ2n) is 7.02. The summed E-state index contributed by atoms with van der Waals surface area (Å²) in [7, 11) is 0. The van der Waals surface area contributed by atoms with Crippen molar-refractivity contribution in [3.63, 3.8) is 0 Å². The van der Waals surface area contributed by atoms with Gasteiger partial charge in [-0.25, -0.2) is 4.39 Å². The van der Waals surface area contributed by atoms with Crippen LogP contribution in [0.3, 0.4) is 0 Å². The molecule has 2 aromatic rings. The normalized spacial score (nSPS) is 16.8. The molecule has 1 N–H and O–H groups in total. The molecule has 0 saturated carbocycles. The average molecular weight is 324 g/mol. The molecular formula is C22H25FO. The molecule has 1 aliphatic rings. The van der Waals surface area contributed by atoms with Crippen LogP contribution < -0.4 is 0 Å². The maximum Gasteiger partial charge on any atom is 0.123 e. The highest BCUT2D eigenvalue weighted by Crippen LogP contribution is 2.44. The number of fused-ring (bicyclic) bond motifs is 1. The van der Waals surface area contributed by atoms with Crippen molar-refractivity contribution in [2.45, 2.75) is 45.4 Å². The maximum atomic E-state index is 13.7. The smallest absolute Gasteiger partial charge is 0.123 e. The molecule has 0 fully saturated rings. The first-order valence-electron chi connectivity index (χ1n) is 8.70. The van der Waals surface area contributed by atoms with E-state index in [0.29, 0.717) is 12.3 Å². The lowest BCUT2D eigenvalue weighted by Gasteiger charge is -2.15. The number of hydrogen-bond donors (Lipinski definition) is 1. The first-order chi connectivity index (χ1) is 11.5. The summed E-state index contributed by atoms with van der Waals surface area (Å²) < 4.78 is 13.7. The van der Waals surface area contributed by atoms with Crippen LogP contribution in [-0.2, 0) is 6.42 Å². The van der Waals surface area contributed by atoms with Gasteiger partial charge in [-0.15, -0.1) is 0 Å². The van der Waals surface area contributed by atoms with Crippen molar-refractivity contribution in [1.29, 1.82) is 0 Å². The first-order valence-corrected chi connectivity index (χ1v) is 8.70. The fourth-order valence-corrected chi connectivity index (χ4v) is 3.73. The van der Waals surface area contributed by atoms with E-state index in [2.05, 4.69) is 45.0 Å². The molecule has 0 amide bonds. The Labute approximate surface area is 143 Å². The Morgan fingerprint density at radius 1 is 1.08 bits per heavy atom. The standard InChI is InChI=1S/C22H25FO/c1-14(2)17-6-4-16(5-7-17)12-21-15(3)19(10-11-24)22-13-18(23)8-9-20(21)22/h4-9,13-14,21,24H,10-12H2,1-3H3. The van der Waals surface area contributed by atoms with Crippen molar-refractivity contribution >= 4 is 5.57 Å². The number of benzene rings is 2. The Morgan fingerprint density at radius 3 is 2.42 bits per heavy atom. The van der Waals surface area contributed by atoms with E-state index in [1.165, 1.54) is 22.3 Å². The van der Waals surface area contributed by atoms with Gasteiger partial charge in [-0.2, -0.15) is 0 Å². The molecule has 1 aliphatic carbocycles. The second kappa shape index (κ2) is 6.90. The Kier molecular flexibility index (Phi) is 4.86. The molecule has 0 spiro atoms. The van der Waals surface area contributed by atoms with Crippen molar-refractivity contribution in [1.82, 2.24) is 0 Å². The van der Waals surface area contributed by atoms with E-state index in [4.69, 9.17) is 0 Å². The third kappa shape index (κ3) is 3.16. The van der Waals surface area contributed by atoms with Crippen molar-refractivity contribution in [2.75, 3.05) is 6.61 Å². The van der Waals surface area contributed by atoms with Crippen molar-refractivity contribution in [3.8, 4) is 0 Å². The highest BCUT2D eigenvalue weighted by molar-refractivity contribution is 5.78. The molecule has 2 heteroatoms. The Bertz CT molecular complexity index is 756. The molecule has 126 valence electrons. The zero-order chi connectivity index (χ0) is 17.3. The molecule has 0 radical (unpaired) electrons. The van der Waals surface area contributed by atoms with Gasteiger partial charge in [-0.3, -0.25) is 0 Å². The average Bonchev–Trinajstić information content (AvgIpc) is 2.81. The number of allylic oxidation sites excluding steroid dienone is 1. The van der Waals surface area contributed by atoms with Crippen LogP contribution in [0.25, 0.3) is 5.57 Å². The molecule has 0 saturated heterocycles. The van der Waals surface area contributed by atoms with Gasteiger partial charge in [-0.05, 0) is 65.6 Å². The van der Waals surface area contributed by atoms with E-state index in [9.17, 15) is 9.50 Å². The minimum Gasteiger partial charge on any atom is -0.396 e. The molecular weight excluding hydrogens is 299 g/mol. The quantitative estimate of drug-likeness (QED) is 0.776. The van der Waals surface area contributed by atoms with Crippen LogP contribution in [0.15, 0.2) is 48.0 Å². The van der Waals surface area contributed by atoms with Gasteiger partial charge in [-0.1, -0.05) is 49.8 Å². The van der Waals surface area contributed by atoms with E-state index in [1.807, 2.05) is 6.07 Å². The number of hydrogen-bond acceptors (Lipinski definition) is 1. The highest BCUT2D eigenvalue weighted by atomic mass is 19.1. The minimum absolute atomic E-state index is 0.0957. The summed E-state index contributed by atoms with van der Waals surface area (Å²) in [6.45, 7) is 6.62. The highest BCUT2D eigenvalue weighted by Gasteiger charge is 2.28. The molecule has 0 aromatic heterocycles. The summed E-state index contributed by atoms with van der Waals surface area (Å²) >= 11 is 0. The topological polar surface area (TPSA) is 20.2 Å². The van der Waals surface area contributed by atoms with Gasteiger partial charge in [0.1, 0.15) is 5.82 Å². The van der Waals surface area contributed by atoms with Crippen LogP contribution in [0, 0.1) is 5.82 Å². The van der Waals surface area contributed by atoms with E-state index in [1.54, 1.807) is 12.1 Å². The SMILES string of the molecule is CC1=C(CCO)c2cc(F)ccc2C1Cc1ccc(C(C)C)cc1. The van der Waals surface area contributed by atoms with Gasteiger partial charge in [0.25, 0.3) is 0 Å². The third-order valence-corrected chi connectivity index (χ3v) is 5.16. The van der Waals surface area contributed by atoms with Crippen LogP contribution in [-0.4, -0.2) is 11.7 Å². The van der Waals surface area contributed by atoms with Crippen LogP contribution in [0.4, 0.5) is 4.39 Å². The number of rotatable bonds is 5. The number of aliphatic hydroxyl groups is 1. The summed E-state index contributed by atoms with van der Waals surface area (Å²) in [5, 5.41) is 9.37. The van der Waals surface area contributed by atoms with Gasteiger partial charge in [0.2, 0.25) is 0 Å². The molecule has 0 heterocycles. The summed E-state index contributed by atoms with van der Waals surface area (Å²) in [5.74, 6) is 0.595. The van der Waals surface area contributed by atoms with E-state index >= 15 is 0 Å². The summed E-state index contributed by atoms with van der Waals surface area (Å²) in [6, 6.07) is 13.9. The lowest BCUT2D eigenvalue weighted by molar-refractivity contribution is 0.305. The molecule has 3 rings (SSSR count). The zero-order valence-electron chi connectivity index (χ0n) is 14.6. The van der Waals surface area contributed by atoms with Crippen LogP contribution >= 0.6 is 0 Å². The van der Waals surface area contributed by atoms with Gasteiger partial charge in [0.15, 0.2) is 0 Å². The lowest BCUT2D eigenvalue weighted by Crippen LogP contribution is -2.02. The maximum absolute atomic E-state index is 13.7. The Balaban J connectivity index is 1.93. The minimum atomic E-state index is -0.209. The molecule has 2 aromatic carbocycles. The van der Waals surface area contributed by atoms with Gasteiger partial charge < -0.3 is 5.11 Å². The van der Waals surface area contributed by atoms with E-state index in [0.717, 1.165) is 17.6 Å². The summed E-state index contributed by atoms with van der Waals surface area (Å²) in [4.78, 5) is 0. The molecule has 1 atom stereocenters. The fraction of sp³-hybridized carbons (Fsp3) is 0.364. The van der Waals surface area contributed by atoms with E-state index in [-0.39, 0.29) is 18.3 Å². The summed E-state index contributed by atoms with van der Waals surface area (Å²) in [5.41, 5.74) is 7.18. The predicted octanol–water partition coefficient (Wildman–Crippen LogP) is 5.44. The lowest BCUT2D eigenvalue weighted by atomic mass is 9.89. The van der Waals surface area contributed by atoms with Gasteiger partial charge in [0.05, 0.1) is 0 Å². The molecule has 0 bridgehead atoms. The largest absolute Gasteiger partial charge is 0.396 e. The summed E-state index contributed by atoms with van der Waals surface area (Å²) in [6.07, 6.45) is 1.50. The van der Waals surface area contributed by atoms with Crippen molar-refractivity contribution in [3.05, 3.63) is 76.1 Å². The monoisotopic (exact) mass is 324 g/mol. The molecule has 24 heavy (non-hydrogen) atoms. The molecule has 1 unspecified atom stereocenters. The molecule has 0 aliphatic heterocycles. The van der Waals surface area contributed by atoms with Crippen molar-refractivity contribution in [2.24, 2.45) is 0 Å². The second-order valence-corrected chi connectivity index (χ2v) is 7.02. The fourth-order valence-electron chi connectivity index (χ4n) is 3.73. The number of halogens is 1. The Morgan fingerprint density at radius 2 is 1.79 bits per heavy atom. The van der Waals surface area contributed by atoms with Crippen LogP contribution in [0.5, 0.6) is 0 Å². The zero-order valence-corrected chi connectivity index (χ0v) is 14.6. The van der Waals surface area contributed by atoms with E-state index < -0.39 is 0 Å². The predicted molar refractivity (Wildman–Crippen MR) is 97.7 cm³/mol. The first kappa shape index (κ1) is 16.9.